The molecule has 12 nitrogen and oxygen atoms in total. The predicted octanol–water partition coefficient (Wildman–Crippen LogP) is 4.67. The molecule has 0 fully saturated rings. The summed E-state index contributed by atoms with van der Waals surface area (Å²) >= 11 is 0. The molecule has 0 saturated heterocycles. The highest BCUT2D eigenvalue weighted by Gasteiger charge is 2.24. The van der Waals surface area contributed by atoms with Crippen LogP contribution in [0.1, 0.15) is 20.7 Å². The summed E-state index contributed by atoms with van der Waals surface area (Å²) in [6, 6.07) is 22.0. The summed E-state index contributed by atoms with van der Waals surface area (Å²) in [6.45, 7) is 0. The summed E-state index contributed by atoms with van der Waals surface area (Å²) in [5.41, 5.74) is 1.43. The molecule has 43 heavy (non-hydrogen) atoms. The fraction of sp³-hybridized carbons (Fsp3) is 0.0690. The van der Waals surface area contributed by atoms with Gasteiger partial charge in [0.15, 0.2) is 5.58 Å². The SMILES string of the molecule is COC(=O)c1ccccc1S(=O)(=O)Nc1ccc(-c2nc3cc(NS(=O)(=O)c4ccccc4C(=O)OC)ccc3o2)cc1. The zero-order valence-corrected chi connectivity index (χ0v) is 24.2. The van der Waals surface area contributed by atoms with Gasteiger partial charge in [-0.3, -0.25) is 9.44 Å². The lowest BCUT2D eigenvalue weighted by molar-refractivity contribution is 0.0587. The topological polar surface area (TPSA) is 171 Å². The molecule has 1 heterocycles. The molecule has 5 rings (SSSR count). The molecule has 220 valence electrons. The van der Waals surface area contributed by atoms with Gasteiger partial charge in [-0.15, -0.1) is 0 Å². The van der Waals surface area contributed by atoms with Crippen molar-refractivity contribution in [3.63, 3.8) is 0 Å². The van der Waals surface area contributed by atoms with Crippen LogP contribution >= 0.6 is 0 Å². The van der Waals surface area contributed by atoms with Crippen LogP contribution in [0.15, 0.2) is 105 Å². The second-order valence-electron chi connectivity index (χ2n) is 8.97. The second-order valence-corrected chi connectivity index (χ2v) is 12.3. The zero-order chi connectivity index (χ0) is 30.8. The molecule has 5 aromatic rings. The van der Waals surface area contributed by atoms with Crippen LogP contribution in [-0.2, 0) is 29.5 Å². The first-order valence-corrected chi connectivity index (χ1v) is 15.4. The number of nitrogens with zero attached hydrogens (tertiary/aromatic N) is 1. The number of aromatic nitrogens is 1. The first-order valence-electron chi connectivity index (χ1n) is 12.4. The molecule has 14 heteroatoms. The number of hydrogen-bond donors (Lipinski definition) is 2. The van der Waals surface area contributed by atoms with Crippen LogP contribution in [0.5, 0.6) is 0 Å². The number of sulfonamides is 2. The maximum Gasteiger partial charge on any atom is 0.339 e. The van der Waals surface area contributed by atoms with E-state index in [2.05, 4.69) is 23.9 Å². The Balaban J connectivity index is 1.36. The van der Waals surface area contributed by atoms with Crippen molar-refractivity contribution in [1.29, 1.82) is 0 Å². The van der Waals surface area contributed by atoms with Gasteiger partial charge in [-0.25, -0.2) is 31.4 Å². The first kappa shape index (κ1) is 29.3. The molecule has 0 aliphatic rings. The minimum atomic E-state index is -4.15. The summed E-state index contributed by atoms with van der Waals surface area (Å²) in [7, 11) is -5.95. The first-order chi connectivity index (χ1) is 20.5. The lowest BCUT2D eigenvalue weighted by Crippen LogP contribution is -2.17. The summed E-state index contributed by atoms with van der Waals surface area (Å²) < 4.78 is 72.1. The number of benzene rings is 4. The van der Waals surface area contributed by atoms with Crippen molar-refractivity contribution >= 4 is 54.5 Å². The quantitative estimate of drug-likeness (QED) is 0.220. The largest absolute Gasteiger partial charge is 0.465 e. The minimum Gasteiger partial charge on any atom is -0.465 e. The molecule has 0 atom stereocenters. The van der Waals surface area contributed by atoms with Gasteiger partial charge < -0.3 is 13.9 Å². The summed E-state index contributed by atoms with van der Waals surface area (Å²) in [5.74, 6) is -1.37. The van der Waals surface area contributed by atoms with E-state index in [4.69, 9.17) is 4.42 Å². The Labute approximate surface area is 246 Å². The van der Waals surface area contributed by atoms with E-state index in [1.54, 1.807) is 12.1 Å². The molecule has 0 aliphatic carbocycles. The lowest BCUT2D eigenvalue weighted by Gasteiger charge is -2.11. The van der Waals surface area contributed by atoms with Gasteiger partial charge in [-0.05, 0) is 66.7 Å². The molecular formula is C29H23N3O9S2. The number of ether oxygens (including phenoxy) is 2. The van der Waals surface area contributed by atoms with Crippen molar-refractivity contribution in [2.24, 2.45) is 0 Å². The average molecular weight is 622 g/mol. The Morgan fingerprint density at radius 3 is 1.70 bits per heavy atom. The van der Waals surface area contributed by atoms with Gasteiger partial charge >= 0.3 is 11.9 Å². The van der Waals surface area contributed by atoms with Gasteiger partial charge in [0, 0.05) is 11.3 Å². The number of carbonyl (C=O) groups excluding carboxylic acids is 2. The van der Waals surface area contributed by atoms with Crippen molar-refractivity contribution in [2.45, 2.75) is 9.79 Å². The normalized spacial score (nSPS) is 11.6. The molecule has 0 aliphatic heterocycles. The summed E-state index contributed by atoms with van der Waals surface area (Å²) in [5, 5.41) is 0. The van der Waals surface area contributed by atoms with E-state index in [1.807, 2.05) is 0 Å². The molecule has 0 bridgehead atoms. The number of esters is 2. The van der Waals surface area contributed by atoms with Crippen LogP contribution in [0.3, 0.4) is 0 Å². The third-order valence-corrected chi connectivity index (χ3v) is 9.07. The molecule has 0 spiro atoms. The molecule has 1 aromatic heterocycles. The van der Waals surface area contributed by atoms with Gasteiger partial charge in [0.25, 0.3) is 20.0 Å². The Morgan fingerprint density at radius 2 is 1.16 bits per heavy atom. The van der Waals surface area contributed by atoms with Crippen molar-refractivity contribution in [3.05, 3.63) is 102 Å². The Morgan fingerprint density at radius 1 is 0.674 bits per heavy atom. The Hall–Kier alpha value is -5.21. The van der Waals surface area contributed by atoms with Crippen LogP contribution < -0.4 is 9.44 Å². The number of fused-ring (bicyclic) bond motifs is 1. The van der Waals surface area contributed by atoms with E-state index < -0.39 is 32.0 Å². The molecule has 2 N–H and O–H groups in total. The highest BCUT2D eigenvalue weighted by molar-refractivity contribution is 7.93. The van der Waals surface area contributed by atoms with E-state index >= 15 is 0 Å². The lowest BCUT2D eigenvalue weighted by atomic mass is 10.2. The van der Waals surface area contributed by atoms with Crippen LogP contribution in [0.25, 0.3) is 22.6 Å². The second kappa shape index (κ2) is 11.6. The van der Waals surface area contributed by atoms with Gasteiger partial charge in [0.05, 0.1) is 31.0 Å². The fourth-order valence-corrected chi connectivity index (χ4v) is 6.68. The molecule has 0 radical (unpaired) electrons. The van der Waals surface area contributed by atoms with Crippen LogP contribution in [-0.4, -0.2) is 48.0 Å². The van der Waals surface area contributed by atoms with Crippen LogP contribution in [0, 0.1) is 0 Å². The average Bonchev–Trinajstić information content (AvgIpc) is 3.43. The van der Waals surface area contributed by atoms with E-state index in [1.165, 1.54) is 78.9 Å². The monoisotopic (exact) mass is 621 g/mol. The number of nitrogens with one attached hydrogen (secondary N) is 2. The minimum absolute atomic E-state index is 0.102. The highest BCUT2D eigenvalue weighted by Crippen LogP contribution is 2.29. The van der Waals surface area contributed by atoms with E-state index in [0.717, 1.165) is 14.2 Å². The molecule has 0 amide bonds. The smallest absolute Gasteiger partial charge is 0.339 e. The van der Waals surface area contributed by atoms with Crippen molar-refractivity contribution < 1.29 is 40.3 Å². The van der Waals surface area contributed by atoms with Crippen molar-refractivity contribution in [2.75, 3.05) is 23.7 Å². The summed E-state index contributed by atoms with van der Waals surface area (Å²) in [6.07, 6.45) is 0. The number of hydrogen-bond acceptors (Lipinski definition) is 10. The molecule has 4 aromatic carbocycles. The Kier molecular flexibility index (Phi) is 7.89. The maximum atomic E-state index is 13.1. The third kappa shape index (κ3) is 6.05. The standard InChI is InChI=1S/C29H23N3O9S2/c1-39-28(33)21-7-3-5-9-25(21)42(35,36)31-19-13-11-18(12-14-19)27-30-23-17-20(15-16-24(23)41-27)32-43(37,38)26-10-6-4-8-22(26)29(34)40-2/h3-17,31-32H,1-2H3. The fourth-order valence-electron chi connectivity index (χ4n) is 4.17. The van der Waals surface area contributed by atoms with E-state index in [9.17, 15) is 26.4 Å². The number of methoxy groups -OCH3 is 2. The molecular weight excluding hydrogens is 598 g/mol. The van der Waals surface area contributed by atoms with Crippen LogP contribution in [0.4, 0.5) is 11.4 Å². The number of oxazole rings is 1. The zero-order valence-electron chi connectivity index (χ0n) is 22.6. The Bertz CT molecular complexity index is 2070. The van der Waals surface area contributed by atoms with E-state index in [-0.39, 0.29) is 38.2 Å². The van der Waals surface area contributed by atoms with Gasteiger partial charge in [0.1, 0.15) is 15.3 Å². The molecule has 0 unspecified atom stereocenters. The highest BCUT2D eigenvalue weighted by atomic mass is 32.2. The van der Waals surface area contributed by atoms with Crippen molar-refractivity contribution in [3.8, 4) is 11.5 Å². The third-order valence-electron chi connectivity index (χ3n) is 6.19. The predicted molar refractivity (Wildman–Crippen MR) is 157 cm³/mol. The van der Waals surface area contributed by atoms with E-state index in [0.29, 0.717) is 16.7 Å². The number of carbonyl (C=O) groups is 2. The number of anilines is 2. The van der Waals surface area contributed by atoms with Crippen molar-refractivity contribution in [1.82, 2.24) is 4.98 Å². The van der Waals surface area contributed by atoms with Gasteiger partial charge in [-0.1, -0.05) is 24.3 Å². The van der Waals surface area contributed by atoms with Gasteiger partial charge in [-0.2, -0.15) is 0 Å². The number of rotatable bonds is 9. The van der Waals surface area contributed by atoms with Crippen LogP contribution in [0.2, 0.25) is 0 Å². The summed E-state index contributed by atoms with van der Waals surface area (Å²) in [4.78, 5) is 28.0. The van der Waals surface area contributed by atoms with Gasteiger partial charge in [0.2, 0.25) is 5.89 Å². The molecule has 0 saturated carbocycles. The maximum absolute atomic E-state index is 13.1.